The summed E-state index contributed by atoms with van der Waals surface area (Å²) in [6.07, 6.45) is 0.872. The molecule has 2 rings (SSSR count). The van der Waals surface area contributed by atoms with Crippen LogP contribution in [0.5, 0.6) is 11.5 Å². The fourth-order valence-electron chi connectivity index (χ4n) is 2.42. The Hall–Kier alpha value is -3.13. The summed E-state index contributed by atoms with van der Waals surface area (Å²) in [5, 5.41) is 2.46. The summed E-state index contributed by atoms with van der Waals surface area (Å²) in [5.41, 5.74) is 7.32. The van der Waals surface area contributed by atoms with Crippen LogP contribution in [0, 0.1) is 13.8 Å². The van der Waals surface area contributed by atoms with E-state index in [2.05, 4.69) is 16.2 Å². The third kappa shape index (κ3) is 7.42. The van der Waals surface area contributed by atoms with Crippen molar-refractivity contribution in [2.24, 2.45) is 0 Å². The summed E-state index contributed by atoms with van der Waals surface area (Å²) in [6.45, 7) is 6.27. The number of aryl methyl sites for hydroxylation is 2. The molecule has 2 amide bonds. The third-order valence-electron chi connectivity index (χ3n) is 3.80. The lowest BCUT2D eigenvalue weighted by Crippen LogP contribution is -2.49. The van der Waals surface area contributed by atoms with Gasteiger partial charge in [-0.3, -0.25) is 25.8 Å². The Morgan fingerprint density at radius 3 is 2.55 bits per heavy atom. The minimum atomic E-state index is -0.434. The number of carbonyl (C=O) groups excluding carboxylic acids is 2. The monoisotopic (exact) mass is 415 g/mol. The molecular weight excluding hydrogens is 390 g/mol. The highest BCUT2D eigenvalue weighted by Gasteiger charge is 2.10. The van der Waals surface area contributed by atoms with Crippen LogP contribution in [0.25, 0.3) is 0 Å². The van der Waals surface area contributed by atoms with Crippen LogP contribution in [-0.4, -0.2) is 30.1 Å². The molecule has 29 heavy (non-hydrogen) atoms. The van der Waals surface area contributed by atoms with E-state index in [1.807, 2.05) is 39.0 Å². The highest BCUT2D eigenvalue weighted by molar-refractivity contribution is 7.80. The summed E-state index contributed by atoms with van der Waals surface area (Å²) >= 11 is 5.03. The third-order valence-corrected chi connectivity index (χ3v) is 4.00. The van der Waals surface area contributed by atoms with Crippen molar-refractivity contribution >= 4 is 29.1 Å². The minimum absolute atomic E-state index is 0.0326. The first-order chi connectivity index (χ1) is 13.9. The molecule has 0 aliphatic rings. The van der Waals surface area contributed by atoms with E-state index < -0.39 is 11.8 Å². The summed E-state index contributed by atoms with van der Waals surface area (Å²) in [6, 6.07) is 12.5. The van der Waals surface area contributed by atoms with Crippen molar-refractivity contribution < 1.29 is 19.1 Å². The maximum Gasteiger partial charge on any atom is 0.276 e. The molecule has 0 aliphatic heterocycles. The smallest absolute Gasteiger partial charge is 0.276 e. The van der Waals surface area contributed by atoms with Gasteiger partial charge in [0.25, 0.3) is 11.8 Å². The molecule has 0 aliphatic carbocycles. The number of ether oxygens (including phenoxy) is 2. The average Bonchev–Trinajstić information content (AvgIpc) is 2.70. The van der Waals surface area contributed by atoms with Crippen molar-refractivity contribution in [3.63, 3.8) is 0 Å². The van der Waals surface area contributed by atoms with Crippen LogP contribution in [0.15, 0.2) is 42.5 Å². The number of hydrogen-bond acceptors (Lipinski definition) is 5. The Labute approximate surface area is 175 Å². The van der Waals surface area contributed by atoms with Gasteiger partial charge in [0.1, 0.15) is 11.5 Å². The van der Waals surface area contributed by atoms with Gasteiger partial charge in [-0.25, -0.2) is 0 Å². The summed E-state index contributed by atoms with van der Waals surface area (Å²) in [4.78, 5) is 24.2. The Bertz CT molecular complexity index is 886. The Morgan fingerprint density at radius 2 is 1.83 bits per heavy atom. The van der Waals surface area contributed by atoms with Crippen LogP contribution in [0.2, 0.25) is 0 Å². The highest BCUT2D eigenvalue weighted by Crippen LogP contribution is 2.18. The molecule has 8 heteroatoms. The second-order valence-electron chi connectivity index (χ2n) is 6.39. The molecule has 0 radical (unpaired) electrons. The average molecular weight is 416 g/mol. The molecule has 0 saturated heterocycles. The van der Waals surface area contributed by atoms with Crippen molar-refractivity contribution in [1.29, 1.82) is 0 Å². The van der Waals surface area contributed by atoms with Gasteiger partial charge in [-0.15, -0.1) is 0 Å². The van der Waals surface area contributed by atoms with Gasteiger partial charge in [0.05, 0.1) is 6.61 Å². The molecule has 0 saturated carbocycles. The molecule has 2 aromatic rings. The molecule has 0 spiro atoms. The SMILES string of the molecule is CCCOc1cccc(C(=O)NC(=S)NNC(=O)COc2ccc(C)cc2C)c1. The molecular formula is C21H25N3O4S. The van der Waals surface area contributed by atoms with Gasteiger partial charge < -0.3 is 9.47 Å². The number of thiocarbonyl (C=S) groups is 1. The first-order valence-electron chi connectivity index (χ1n) is 9.22. The predicted molar refractivity (Wildman–Crippen MR) is 115 cm³/mol. The molecule has 2 aromatic carbocycles. The highest BCUT2D eigenvalue weighted by atomic mass is 32.1. The summed E-state index contributed by atoms with van der Waals surface area (Å²) < 4.78 is 11.0. The van der Waals surface area contributed by atoms with Gasteiger partial charge in [-0.05, 0) is 62.3 Å². The van der Waals surface area contributed by atoms with E-state index in [1.165, 1.54) is 0 Å². The number of carbonyl (C=O) groups is 2. The first-order valence-corrected chi connectivity index (χ1v) is 9.63. The van der Waals surface area contributed by atoms with Crippen molar-refractivity contribution in [2.45, 2.75) is 27.2 Å². The van der Waals surface area contributed by atoms with E-state index in [9.17, 15) is 9.59 Å². The van der Waals surface area contributed by atoms with Crippen LogP contribution in [0.3, 0.4) is 0 Å². The fourth-order valence-corrected chi connectivity index (χ4v) is 2.56. The molecule has 3 N–H and O–H groups in total. The summed E-state index contributed by atoms with van der Waals surface area (Å²) in [7, 11) is 0. The zero-order chi connectivity index (χ0) is 21.2. The minimum Gasteiger partial charge on any atom is -0.494 e. The molecule has 0 atom stereocenters. The Morgan fingerprint density at radius 1 is 1.03 bits per heavy atom. The van der Waals surface area contributed by atoms with Crippen molar-refractivity contribution in [3.05, 3.63) is 59.2 Å². The van der Waals surface area contributed by atoms with E-state index >= 15 is 0 Å². The number of nitrogens with one attached hydrogen (secondary N) is 3. The quantitative estimate of drug-likeness (QED) is 0.476. The lowest BCUT2D eigenvalue weighted by molar-refractivity contribution is -0.123. The summed E-state index contributed by atoms with van der Waals surface area (Å²) in [5.74, 6) is 0.392. The number of amides is 2. The molecule has 0 heterocycles. The maximum absolute atomic E-state index is 12.3. The van der Waals surface area contributed by atoms with Gasteiger partial charge in [0.2, 0.25) is 0 Å². The van der Waals surface area contributed by atoms with Crippen LogP contribution < -0.4 is 25.6 Å². The second kappa shape index (κ2) is 11.0. The molecule has 7 nitrogen and oxygen atoms in total. The zero-order valence-electron chi connectivity index (χ0n) is 16.7. The standard InChI is InChI=1S/C21H25N3O4S/c1-4-10-27-17-7-5-6-16(12-17)20(26)22-21(29)24-23-19(25)13-28-18-9-8-14(2)11-15(18)3/h5-9,11-12H,4,10,13H2,1-3H3,(H,23,25)(H2,22,24,26,29). The Kier molecular flexibility index (Phi) is 8.42. The second-order valence-corrected chi connectivity index (χ2v) is 6.80. The van der Waals surface area contributed by atoms with Crippen LogP contribution in [0.1, 0.15) is 34.8 Å². The number of hydrazine groups is 1. The molecule has 0 unspecified atom stereocenters. The van der Waals surface area contributed by atoms with E-state index in [1.54, 1.807) is 24.3 Å². The molecule has 154 valence electrons. The van der Waals surface area contributed by atoms with E-state index in [4.69, 9.17) is 21.7 Å². The van der Waals surface area contributed by atoms with E-state index in [-0.39, 0.29) is 11.7 Å². The van der Waals surface area contributed by atoms with Gasteiger partial charge in [0.15, 0.2) is 11.7 Å². The predicted octanol–water partition coefficient (Wildman–Crippen LogP) is 2.81. The number of rotatable bonds is 7. The van der Waals surface area contributed by atoms with Crippen LogP contribution in [-0.2, 0) is 4.79 Å². The molecule has 0 fully saturated rings. The van der Waals surface area contributed by atoms with Crippen LogP contribution >= 0.6 is 12.2 Å². The molecule has 0 bridgehead atoms. The van der Waals surface area contributed by atoms with Gasteiger partial charge >= 0.3 is 0 Å². The van der Waals surface area contributed by atoms with Crippen molar-refractivity contribution in [3.8, 4) is 11.5 Å². The topological polar surface area (TPSA) is 88.7 Å². The number of hydrogen-bond donors (Lipinski definition) is 3. The first kappa shape index (κ1) is 22.2. The largest absolute Gasteiger partial charge is 0.494 e. The van der Waals surface area contributed by atoms with E-state index in [0.717, 1.165) is 17.5 Å². The van der Waals surface area contributed by atoms with Gasteiger partial charge in [-0.2, -0.15) is 0 Å². The normalized spacial score (nSPS) is 10.0. The number of benzene rings is 2. The Balaban J connectivity index is 1.77. The fraction of sp³-hybridized carbons (Fsp3) is 0.286. The van der Waals surface area contributed by atoms with Gasteiger partial charge in [0, 0.05) is 5.56 Å². The zero-order valence-corrected chi connectivity index (χ0v) is 17.5. The lowest BCUT2D eigenvalue weighted by Gasteiger charge is -2.13. The van der Waals surface area contributed by atoms with Crippen molar-refractivity contribution in [2.75, 3.05) is 13.2 Å². The van der Waals surface area contributed by atoms with Crippen molar-refractivity contribution in [1.82, 2.24) is 16.2 Å². The molecule has 0 aromatic heterocycles. The lowest BCUT2D eigenvalue weighted by atomic mass is 10.1. The van der Waals surface area contributed by atoms with Gasteiger partial charge in [-0.1, -0.05) is 30.7 Å². The van der Waals surface area contributed by atoms with E-state index in [0.29, 0.717) is 23.7 Å². The van der Waals surface area contributed by atoms with Crippen LogP contribution in [0.4, 0.5) is 0 Å². The maximum atomic E-state index is 12.3.